The predicted octanol–water partition coefficient (Wildman–Crippen LogP) is 3.21. The molecule has 0 amide bonds. The zero-order valence-corrected chi connectivity index (χ0v) is 12.8. The number of benzene rings is 1. The fraction of sp³-hybridized carbons (Fsp3) is 0.647. The molecule has 1 saturated carbocycles. The topological polar surface area (TPSA) is 38.5 Å². The molecule has 1 unspecified atom stereocenters. The number of nitrogens with zero attached hydrogens (tertiary/aromatic N) is 1. The van der Waals surface area contributed by atoms with Crippen LogP contribution in [0.15, 0.2) is 24.3 Å². The SMILES string of the molecule is CCOc1cccc(C(CN)N(C)CC2CCCC2)c1. The molecule has 2 rings (SSSR count). The van der Waals surface area contributed by atoms with Crippen LogP contribution < -0.4 is 10.5 Å². The number of likely N-dealkylation sites (N-methyl/N-ethyl adjacent to an activating group) is 1. The van der Waals surface area contributed by atoms with Crippen molar-refractivity contribution >= 4 is 0 Å². The maximum atomic E-state index is 6.02. The lowest BCUT2D eigenvalue weighted by Gasteiger charge is -2.30. The summed E-state index contributed by atoms with van der Waals surface area (Å²) in [6.45, 7) is 4.52. The van der Waals surface area contributed by atoms with Crippen molar-refractivity contribution in [2.45, 2.75) is 38.6 Å². The number of rotatable bonds is 7. The van der Waals surface area contributed by atoms with Gasteiger partial charge in [-0.25, -0.2) is 0 Å². The number of ether oxygens (including phenoxy) is 1. The van der Waals surface area contributed by atoms with Crippen molar-refractivity contribution in [3.63, 3.8) is 0 Å². The van der Waals surface area contributed by atoms with Crippen molar-refractivity contribution in [3.8, 4) is 5.75 Å². The highest BCUT2D eigenvalue weighted by Gasteiger charge is 2.22. The second-order valence-electron chi connectivity index (χ2n) is 5.85. The molecule has 3 nitrogen and oxygen atoms in total. The lowest BCUT2D eigenvalue weighted by Crippen LogP contribution is -2.33. The smallest absolute Gasteiger partial charge is 0.119 e. The maximum absolute atomic E-state index is 6.02. The van der Waals surface area contributed by atoms with Gasteiger partial charge in [-0.2, -0.15) is 0 Å². The third-order valence-electron chi connectivity index (χ3n) is 4.33. The molecule has 0 bridgehead atoms. The first kappa shape index (κ1) is 15.3. The minimum atomic E-state index is 0.288. The summed E-state index contributed by atoms with van der Waals surface area (Å²) < 4.78 is 5.60. The van der Waals surface area contributed by atoms with Crippen molar-refractivity contribution in [1.29, 1.82) is 0 Å². The van der Waals surface area contributed by atoms with Crippen LogP contribution in [0.2, 0.25) is 0 Å². The van der Waals surface area contributed by atoms with Gasteiger partial charge in [0.05, 0.1) is 6.61 Å². The normalized spacial score (nSPS) is 17.6. The van der Waals surface area contributed by atoms with Gasteiger partial charge in [0.1, 0.15) is 5.75 Å². The molecule has 0 radical (unpaired) electrons. The highest BCUT2D eigenvalue weighted by Crippen LogP contribution is 2.29. The molecular formula is C17H28N2O. The van der Waals surface area contributed by atoms with Gasteiger partial charge in [0.15, 0.2) is 0 Å². The average Bonchev–Trinajstić information content (AvgIpc) is 2.93. The summed E-state index contributed by atoms with van der Waals surface area (Å²) in [7, 11) is 2.20. The van der Waals surface area contributed by atoms with Crippen LogP contribution in [0.25, 0.3) is 0 Å². The lowest BCUT2D eigenvalue weighted by atomic mass is 10.0. The fourth-order valence-electron chi connectivity index (χ4n) is 3.28. The largest absolute Gasteiger partial charge is 0.494 e. The Morgan fingerprint density at radius 1 is 1.35 bits per heavy atom. The van der Waals surface area contributed by atoms with Gasteiger partial charge in [-0.3, -0.25) is 4.90 Å². The molecule has 112 valence electrons. The highest BCUT2D eigenvalue weighted by molar-refractivity contribution is 5.30. The first-order chi connectivity index (χ1) is 9.74. The summed E-state index contributed by atoms with van der Waals surface area (Å²) in [6.07, 6.45) is 5.54. The Hall–Kier alpha value is -1.06. The molecule has 0 heterocycles. The summed E-state index contributed by atoms with van der Waals surface area (Å²) >= 11 is 0. The Balaban J connectivity index is 2.03. The van der Waals surface area contributed by atoms with E-state index in [9.17, 15) is 0 Å². The molecular weight excluding hydrogens is 248 g/mol. The van der Waals surface area contributed by atoms with Gasteiger partial charge >= 0.3 is 0 Å². The molecule has 0 saturated heterocycles. The predicted molar refractivity (Wildman–Crippen MR) is 84.0 cm³/mol. The van der Waals surface area contributed by atoms with Gasteiger partial charge in [0, 0.05) is 19.1 Å². The summed E-state index contributed by atoms with van der Waals surface area (Å²) in [6, 6.07) is 8.65. The van der Waals surface area contributed by atoms with E-state index in [-0.39, 0.29) is 6.04 Å². The van der Waals surface area contributed by atoms with E-state index < -0.39 is 0 Å². The van der Waals surface area contributed by atoms with E-state index in [0.29, 0.717) is 13.2 Å². The lowest BCUT2D eigenvalue weighted by molar-refractivity contribution is 0.212. The van der Waals surface area contributed by atoms with Crippen LogP contribution >= 0.6 is 0 Å². The molecule has 1 aromatic carbocycles. The van der Waals surface area contributed by atoms with Crippen LogP contribution in [0.5, 0.6) is 5.75 Å². The summed E-state index contributed by atoms with van der Waals surface area (Å²) in [5, 5.41) is 0. The molecule has 1 atom stereocenters. The fourth-order valence-corrected chi connectivity index (χ4v) is 3.28. The third kappa shape index (κ3) is 3.97. The first-order valence-corrected chi connectivity index (χ1v) is 7.87. The van der Waals surface area contributed by atoms with E-state index in [4.69, 9.17) is 10.5 Å². The monoisotopic (exact) mass is 276 g/mol. The van der Waals surface area contributed by atoms with E-state index in [1.165, 1.54) is 31.2 Å². The van der Waals surface area contributed by atoms with Gasteiger partial charge in [0.2, 0.25) is 0 Å². The summed E-state index contributed by atoms with van der Waals surface area (Å²) in [4.78, 5) is 2.42. The summed E-state index contributed by atoms with van der Waals surface area (Å²) in [5.41, 5.74) is 7.28. The van der Waals surface area contributed by atoms with E-state index in [2.05, 4.69) is 30.1 Å². The van der Waals surface area contributed by atoms with Crippen LogP contribution in [0, 0.1) is 5.92 Å². The molecule has 1 aromatic rings. The molecule has 0 aromatic heterocycles. The second-order valence-corrected chi connectivity index (χ2v) is 5.85. The Bertz CT molecular complexity index is 402. The van der Waals surface area contributed by atoms with Crippen LogP contribution in [0.4, 0.5) is 0 Å². The Morgan fingerprint density at radius 2 is 2.10 bits per heavy atom. The van der Waals surface area contributed by atoms with Crippen LogP contribution in [-0.4, -0.2) is 31.6 Å². The molecule has 20 heavy (non-hydrogen) atoms. The minimum absolute atomic E-state index is 0.288. The van der Waals surface area contributed by atoms with Crippen LogP contribution in [0.1, 0.15) is 44.2 Å². The zero-order valence-electron chi connectivity index (χ0n) is 12.8. The van der Waals surface area contributed by atoms with Gasteiger partial charge in [-0.15, -0.1) is 0 Å². The molecule has 0 spiro atoms. The van der Waals surface area contributed by atoms with Crippen molar-refractivity contribution in [2.24, 2.45) is 11.7 Å². The molecule has 1 aliphatic rings. The van der Waals surface area contributed by atoms with Crippen LogP contribution in [-0.2, 0) is 0 Å². The van der Waals surface area contributed by atoms with Gasteiger partial charge in [-0.05, 0) is 50.4 Å². The van der Waals surface area contributed by atoms with Gasteiger partial charge in [-0.1, -0.05) is 25.0 Å². The average molecular weight is 276 g/mol. The van der Waals surface area contributed by atoms with Crippen molar-refractivity contribution < 1.29 is 4.74 Å². The van der Waals surface area contributed by atoms with E-state index in [1.54, 1.807) is 0 Å². The van der Waals surface area contributed by atoms with Gasteiger partial charge in [0.25, 0.3) is 0 Å². The van der Waals surface area contributed by atoms with E-state index in [0.717, 1.165) is 18.2 Å². The zero-order chi connectivity index (χ0) is 14.4. The Labute approximate surface area is 123 Å². The van der Waals surface area contributed by atoms with Gasteiger partial charge < -0.3 is 10.5 Å². The minimum Gasteiger partial charge on any atom is -0.494 e. The van der Waals surface area contributed by atoms with Crippen LogP contribution in [0.3, 0.4) is 0 Å². The number of hydrogen-bond donors (Lipinski definition) is 1. The maximum Gasteiger partial charge on any atom is 0.119 e. The molecule has 3 heteroatoms. The third-order valence-corrected chi connectivity index (χ3v) is 4.33. The van der Waals surface area contributed by atoms with Crippen molar-refractivity contribution in [2.75, 3.05) is 26.7 Å². The quantitative estimate of drug-likeness (QED) is 0.831. The van der Waals surface area contributed by atoms with Crippen molar-refractivity contribution in [3.05, 3.63) is 29.8 Å². The Morgan fingerprint density at radius 3 is 2.75 bits per heavy atom. The molecule has 1 aliphatic carbocycles. The molecule has 1 fully saturated rings. The molecule has 2 N–H and O–H groups in total. The van der Waals surface area contributed by atoms with E-state index in [1.807, 2.05) is 13.0 Å². The van der Waals surface area contributed by atoms with Crippen molar-refractivity contribution in [1.82, 2.24) is 4.90 Å². The Kier molecular flexibility index (Phi) is 5.86. The highest BCUT2D eigenvalue weighted by atomic mass is 16.5. The summed E-state index contributed by atoms with van der Waals surface area (Å²) in [5.74, 6) is 1.79. The number of nitrogens with two attached hydrogens (primary N) is 1. The second kappa shape index (κ2) is 7.65. The standard InChI is InChI=1S/C17H28N2O/c1-3-20-16-10-6-9-15(11-16)17(12-18)19(2)13-14-7-4-5-8-14/h6,9-11,14,17H,3-5,7-8,12-13,18H2,1-2H3. The number of hydrogen-bond acceptors (Lipinski definition) is 3. The first-order valence-electron chi connectivity index (χ1n) is 7.87. The molecule has 0 aliphatic heterocycles. The van der Waals surface area contributed by atoms with E-state index >= 15 is 0 Å².